The number of para-hydroxylation sites is 1. The molecule has 0 bridgehead atoms. The number of nitrogen functional groups attached to an aromatic ring is 1. The maximum absolute atomic E-state index is 13.0. The van der Waals surface area contributed by atoms with Gasteiger partial charge >= 0.3 is 5.97 Å². The number of anilines is 1. The van der Waals surface area contributed by atoms with Gasteiger partial charge in [0, 0.05) is 23.1 Å². The van der Waals surface area contributed by atoms with E-state index in [1.54, 1.807) is 5.38 Å². The SMILES string of the molecule is CO/N=C(\C(=O)N[C@@H]1C(=O)N2C(C(=O)O)=C([C@H]3Cc4ccccc4O3)CS[C@H]12)c1csc(N)n1. The normalized spacial score (nSPS) is 23.6. The number of aromatic nitrogens is 1. The number of aliphatic carboxylic acids is 1. The van der Waals surface area contributed by atoms with Gasteiger partial charge in [0.05, 0.1) is 0 Å². The third kappa shape index (κ3) is 3.66. The van der Waals surface area contributed by atoms with Crippen LogP contribution >= 0.6 is 23.1 Å². The van der Waals surface area contributed by atoms with Gasteiger partial charge in [-0.1, -0.05) is 23.4 Å². The van der Waals surface area contributed by atoms with Crippen LogP contribution in [-0.2, 0) is 25.6 Å². The van der Waals surface area contributed by atoms with E-state index < -0.39 is 35.3 Å². The van der Waals surface area contributed by atoms with Crippen LogP contribution < -0.4 is 15.8 Å². The Hall–Kier alpha value is -3.58. The molecule has 4 N–H and O–H groups in total. The summed E-state index contributed by atoms with van der Waals surface area (Å²) in [5, 5.41) is 17.5. The lowest BCUT2D eigenvalue weighted by Crippen LogP contribution is -2.71. The highest BCUT2D eigenvalue weighted by Gasteiger charge is 2.55. The Bertz CT molecular complexity index is 1230. The molecule has 13 heteroatoms. The monoisotopic (exact) mass is 501 g/mol. The minimum Gasteiger partial charge on any atom is -0.485 e. The van der Waals surface area contributed by atoms with Crippen LogP contribution in [0.3, 0.4) is 0 Å². The molecule has 3 aliphatic rings. The maximum Gasteiger partial charge on any atom is 0.352 e. The smallest absolute Gasteiger partial charge is 0.352 e. The molecule has 0 unspecified atom stereocenters. The van der Waals surface area contributed by atoms with Gasteiger partial charge in [-0.3, -0.25) is 14.5 Å². The van der Waals surface area contributed by atoms with Crippen LogP contribution in [0.2, 0.25) is 0 Å². The number of benzene rings is 1. The lowest BCUT2D eigenvalue weighted by atomic mass is 9.98. The van der Waals surface area contributed by atoms with Gasteiger partial charge in [0.2, 0.25) is 0 Å². The number of nitrogens with one attached hydrogen (secondary N) is 1. The number of hydrogen-bond donors (Lipinski definition) is 3. The first-order chi connectivity index (χ1) is 16.4. The van der Waals surface area contributed by atoms with E-state index in [1.807, 2.05) is 24.3 Å². The molecule has 1 saturated heterocycles. The summed E-state index contributed by atoms with van der Waals surface area (Å²) in [5.41, 5.74) is 7.17. The minimum absolute atomic E-state index is 0.0879. The molecule has 1 aromatic heterocycles. The van der Waals surface area contributed by atoms with E-state index in [0.29, 0.717) is 23.5 Å². The van der Waals surface area contributed by atoms with Crippen LogP contribution in [0.25, 0.3) is 0 Å². The fraction of sp³-hybridized carbons (Fsp3) is 0.286. The third-order valence-corrected chi connectivity index (χ3v) is 7.66. The number of carbonyl (C=O) groups is 3. The number of hydrogen-bond acceptors (Lipinski definition) is 10. The van der Waals surface area contributed by atoms with Crippen molar-refractivity contribution in [2.45, 2.75) is 23.9 Å². The van der Waals surface area contributed by atoms with Crippen molar-refractivity contribution in [2.24, 2.45) is 5.16 Å². The van der Waals surface area contributed by atoms with E-state index in [2.05, 4.69) is 15.5 Å². The molecule has 176 valence electrons. The predicted molar refractivity (Wildman–Crippen MR) is 124 cm³/mol. The molecular weight excluding hydrogens is 482 g/mol. The third-order valence-electron chi connectivity index (χ3n) is 5.68. The fourth-order valence-corrected chi connectivity index (χ4v) is 6.12. The van der Waals surface area contributed by atoms with Crippen molar-refractivity contribution >= 4 is 51.7 Å². The summed E-state index contributed by atoms with van der Waals surface area (Å²) in [4.78, 5) is 48.0. The molecule has 1 fully saturated rings. The maximum atomic E-state index is 13.0. The van der Waals surface area contributed by atoms with Gasteiger partial charge in [0.1, 0.15) is 41.8 Å². The Labute approximate surface area is 201 Å². The highest BCUT2D eigenvalue weighted by Crippen LogP contribution is 2.43. The van der Waals surface area contributed by atoms with Gasteiger partial charge in [-0.2, -0.15) is 0 Å². The van der Waals surface area contributed by atoms with Gasteiger partial charge in [-0.05, 0) is 11.6 Å². The molecule has 4 heterocycles. The number of thioether (sulfide) groups is 1. The zero-order chi connectivity index (χ0) is 24.0. The number of fused-ring (bicyclic) bond motifs is 2. The molecule has 0 aliphatic carbocycles. The summed E-state index contributed by atoms with van der Waals surface area (Å²) in [6.07, 6.45) is 0.0671. The number of β-lactam (4-membered cyclic amide) rings is 1. The second-order valence-corrected chi connectivity index (χ2v) is 9.65. The Kier molecular flexibility index (Phi) is 5.65. The number of nitrogens with two attached hydrogens (primary N) is 1. The van der Waals surface area contributed by atoms with E-state index in [1.165, 1.54) is 23.8 Å². The summed E-state index contributed by atoms with van der Waals surface area (Å²) in [6, 6.07) is 6.60. The fourth-order valence-electron chi connectivity index (χ4n) is 4.17. The summed E-state index contributed by atoms with van der Waals surface area (Å²) < 4.78 is 5.98. The zero-order valence-corrected chi connectivity index (χ0v) is 19.4. The van der Waals surface area contributed by atoms with E-state index in [4.69, 9.17) is 15.3 Å². The molecule has 1 aromatic carbocycles. The van der Waals surface area contributed by atoms with Crippen LogP contribution in [-0.4, -0.2) is 68.9 Å². The number of carboxylic acids is 1. The first kappa shape index (κ1) is 22.2. The number of nitrogens with zero attached hydrogens (tertiary/aromatic N) is 3. The molecule has 34 heavy (non-hydrogen) atoms. The lowest BCUT2D eigenvalue weighted by Gasteiger charge is -2.49. The van der Waals surface area contributed by atoms with E-state index in [0.717, 1.165) is 16.9 Å². The molecule has 2 amide bonds. The average molecular weight is 502 g/mol. The number of amides is 2. The van der Waals surface area contributed by atoms with Crippen molar-refractivity contribution in [3.8, 4) is 5.75 Å². The van der Waals surface area contributed by atoms with E-state index >= 15 is 0 Å². The lowest BCUT2D eigenvalue weighted by molar-refractivity contribution is -0.150. The zero-order valence-electron chi connectivity index (χ0n) is 17.8. The Morgan fingerprint density at radius 2 is 2.18 bits per heavy atom. The van der Waals surface area contributed by atoms with Crippen molar-refractivity contribution in [1.82, 2.24) is 15.2 Å². The number of carboxylic acid groups (broad SMARTS) is 1. The molecule has 11 nitrogen and oxygen atoms in total. The van der Waals surface area contributed by atoms with Crippen LogP contribution in [0.1, 0.15) is 11.3 Å². The molecule has 3 atom stereocenters. The van der Waals surface area contributed by atoms with Crippen LogP contribution in [0.15, 0.2) is 46.1 Å². The van der Waals surface area contributed by atoms with Crippen molar-refractivity contribution < 1.29 is 29.1 Å². The average Bonchev–Trinajstić information content (AvgIpc) is 3.45. The minimum atomic E-state index is -1.21. The largest absolute Gasteiger partial charge is 0.485 e. The first-order valence-electron chi connectivity index (χ1n) is 10.2. The predicted octanol–water partition coefficient (Wildman–Crippen LogP) is 0.818. The molecule has 0 spiro atoms. The highest BCUT2D eigenvalue weighted by atomic mass is 32.2. The summed E-state index contributed by atoms with van der Waals surface area (Å²) in [5.74, 6) is -1.34. The number of rotatable bonds is 6. The van der Waals surface area contributed by atoms with Gasteiger partial charge in [0.25, 0.3) is 11.8 Å². The summed E-state index contributed by atoms with van der Waals surface area (Å²) >= 11 is 2.50. The number of oxime groups is 1. The van der Waals surface area contributed by atoms with Crippen molar-refractivity contribution in [2.75, 3.05) is 18.6 Å². The first-order valence-corrected chi connectivity index (χ1v) is 12.1. The number of thiazole rings is 1. The Balaban J connectivity index is 1.36. The van der Waals surface area contributed by atoms with Crippen LogP contribution in [0, 0.1) is 0 Å². The van der Waals surface area contributed by atoms with Gasteiger partial charge in [0.15, 0.2) is 10.8 Å². The number of carbonyl (C=O) groups excluding carboxylic acids is 2. The molecule has 5 rings (SSSR count). The molecule has 0 radical (unpaired) electrons. The van der Waals surface area contributed by atoms with Gasteiger partial charge in [-0.25, -0.2) is 9.78 Å². The molecule has 0 saturated carbocycles. The van der Waals surface area contributed by atoms with Crippen LogP contribution in [0.5, 0.6) is 5.75 Å². The molecule has 2 aromatic rings. The second kappa shape index (κ2) is 8.65. The quantitative estimate of drug-likeness (QED) is 0.296. The molecule has 3 aliphatic heterocycles. The standard InChI is InChI=1S/C21H19N5O6S2/c1-31-25-14(11-8-34-21(22)23-11)17(27)24-15-18(28)26-16(20(29)30)10(7-33-19(15)26)13-6-9-4-2-3-5-12(9)32-13/h2-5,8,13,15,19H,6-7H2,1H3,(H2,22,23)(H,24,27)(H,29,30)/b25-14-/t13-,15-,19-/m1/s1. The van der Waals surface area contributed by atoms with Crippen molar-refractivity contribution in [3.05, 3.63) is 52.2 Å². The van der Waals surface area contributed by atoms with E-state index in [9.17, 15) is 19.5 Å². The number of ether oxygens (including phenoxy) is 1. The topological polar surface area (TPSA) is 156 Å². The highest BCUT2D eigenvalue weighted by molar-refractivity contribution is 8.00. The van der Waals surface area contributed by atoms with Crippen molar-refractivity contribution in [3.63, 3.8) is 0 Å². The van der Waals surface area contributed by atoms with Crippen molar-refractivity contribution in [1.29, 1.82) is 0 Å². The van der Waals surface area contributed by atoms with Gasteiger partial charge in [-0.15, -0.1) is 23.1 Å². The van der Waals surface area contributed by atoms with E-state index in [-0.39, 0.29) is 22.2 Å². The molecular formula is C21H19N5O6S2. The Morgan fingerprint density at radius 1 is 1.38 bits per heavy atom. The summed E-state index contributed by atoms with van der Waals surface area (Å²) in [7, 11) is 1.28. The summed E-state index contributed by atoms with van der Waals surface area (Å²) in [6.45, 7) is 0. The van der Waals surface area contributed by atoms with Crippen LogP contribution in [0.4, 0.5) is 5.13 Å². The Morgan fingerprint density at radius 3 is 2.85 bits per heavy atom. The second-order valence-electron chi connectivity index (χ2n) is 7.65. The van der Waals surface area contributed by atoms with Gasteiger partial charge < -0.3 is 25.7 Å².